The van der Waals surface area contributed by atoms with Crippen LogP contribution in [0.3, 0.4) is 0 Å². The van der Waals surface area contributed by atoms with Crippen LogP contribution in [0.25, 0.3) is 22.0 Å². The minimum atomic E-state index is -5.75. The first kappa shape index (κ1) is 16.3. The first-order valence-corrected chi connectivity index (χ1v) is 8.14. The average molecular weight is 353 g/mol. The van der Waals surface area contributed by atoms with Crippen LogP contribution < -0.4 is 4.18 Å². The predicted molar refractivity (Wildman–Crippen MR) is 82.8 cm³/mol. The molecule has 0 spiro atoms. The molecule has 0 amide bonds. The van der Waals surface area contributed by atoms with Gasteiger partial charge in [0.05, 0.1) is 5.52 Å². The number of hydrogen-bond acceptors (Lipinski definition) is 4. The van der Waals surface area contributed by atoms with Gasteiger partial charge in [-0.15, -0.1) is 0 Å². The van der Waals surface area contributed by atoms with Gasteiger partial charge in [-0.3, -0.25) is 4.98 Å². The van der Waals surface area contributed by atoms with Crippen molar-refractivity contribution in [1.82, 2.24) is 4.98 Å². The van der Waals surface area contributed by atoms with Crippen LogP contribution in [-0.4, -0.2) is 18.9 Å². The van der Waals surface area contributed by atoms with Gasteiger partial charge < -0.3 is 4.18 Å². The van der Waals surface area contributed by atoms with E-state index < -0.39 is 21.4 Å². The molecule has 0 N–H and O–H groups in total. The summed E-state index contributed by atoms with van der Waals surface area (Å²) in [6.07, 6.45) is 1.56. The van der Waals surface area contributed by atoms with Crippen molar-refractivity contribution in [2.75, 3.05) is 0 Å². The molecule has 0 bridgehead atoms. The van der Waals surface area contributed by atoms with E-state index in [9.17, 15) is 21.6 Å². The van der Waals surface area contributed by atoms with Crippen molar-refractivity contribution in [3.63, 3.8) is 0 Å². The van der Waals surface area contributed by atoms with Crippen molar-refractivity contribution in [1.29, 1.82) is 0 Å². The third-order valence-electron chi connectivity index (χ3n) is 3.28. The molecule has 0 saturated carbocycles. The number of pyridine rings is 1. The normalized spacial score (nSPS) is 12.3. The highest BCUT2D eigenvalue weighted by Gasteiger charge is 2.48. The second-order valence-corrected chi connectivity index (χ2v) is 6.43. The number of fused-ring (bicyclic) bond motifs is 1. The molecule has 124 valence electrons. The van der Waals surface area contributed by atoms with E-state index >= 15 is 0 Å². The summed E-state index contributed by atoms with van der Waals surface area (Å²) in [5.41, 5.74) is -3.76. The average Bonchev–Trinajstić information content (AvgIpc) is 2.54. The maximum Gasteiger partial charge on any atom is 0.534 e. The van der Waals surface area contributed by atoms with Gasteiger partial charge in [0.1, 0.15) is 0 Å². The minimum absolute atomic E-state index is 0.173. The van der Waals surface area contributed by atoms with Crippen LogP contribution in [-0.2, 0) is 10.1 Å². The zero-order valence-electron chi connectivity index (χ0n) is 12.0. The van der Waals surface area contributed by atoms with Crippen LogP contribution in [0.2, 0.25) is 0 Å². The highest BCUT2D eigenvalue weighted by Crippen LogP contribution is 2.33. The third-order valence-corrected chi connectivity index (χ3v) is 4.24. The van der Waals surface area contributed by atoms with Crippen LogP contribution >= 0.6 is 0 Å². The fourth-order valence-corrected chi connectivity index (χ4v) is 2.62. The molecule has 0 aliphatic carbocycles. The molecule has 3 aromatic rings. The van der Waals surface area contributed by atoms with Crippen molar-refractivity contribution in [2.24, 2.45) is 0 Å². The van der Waals surface area contributed by atoms with Gasteiger partial charge in [0, 0.05) is 17.1 Å². The molecule has 0 aliphatic heterocycles. The Morgan fingerprint density at radius 1 is 0.917 bits per heavy atom. The topological polar surface area (TPSA) is 56.3 Å². The molecular formula is C16H10F3NO3S. The summed E-state index contributed by atoms with van der Waals surface area (Å²) in [4.78, 5) is 4.15. The second kappa shape index (κ2) is 5.79. The van der Waals surface area contributed by atoms with Gasteiger partial charge in [0.2, 0.25) is 0 Å². The molecule has 3 rings (SSSR count). The first-order valence-electron chi connectivity index (χ1n) is 6.73. The minimum Gasteiger partial charge on any atom is -0.375 e. The zero-order chi connectivity index (χ0) is 17.4. The standard InChI is InChI=1S/C16H10F3NO3S/c17-16(18,19)24(21,22)23-15-8-4-7-14-13(15)9-12(10-20-14)11-5-2-1-3-6-11/h1-10H. The van der Waals surface area contributed by atoms with E-state index in [0.717, 1.165) is 11.6 Å². The Morgan fingerprint density at radius 2 is 1.62 bits per heavy atom. The number of rotatable bonds is 3. The van der Waals surface area contributed by atoms with E-state index in [2.05, 4.69) is 9.17 Å². The van der Waals surface area contributed by atoms with Gasteiger partial charge in [-0.1, -0.05) is 36.4 Å². The quantitative estimate of drug-likeness (QED) is 0.525. The van der Waals surface area contributed by atoms with E-state index in [1.165, 1.54) is 6.07 Å². The highest BCUT2D eigenvalue weighted by atomic mass is 32.2. The molecule has 24 heavy (non-hydrogen) atoms. The Kier molecular flexibility index (Phi) is 3.92. The lowest BCUT2D eigenvalue weighted by atomic mass is 10.1. The Hall–Kier alpha value is -2.61. The lowest BCUT2D eigenvalue weighted by molar-refractivity contribution is -0.0499. The second-order valence-electron chi connectivity index (χ2n) is 4.90. The number of nitrogens with zero attached hydrogens (tertiary/aromatic N) is 1. The Bertz CT molecular complexity index is 986. The molecule has 0 atom stereocenters. The Labute approximate surface area is 135 Å². The fourth-order valence-electron chi connectivity index (χ4n) is 2.15. The maximum absolute atomic E-state index is 12.5. The van der Waals surface area contributed by atoms with E-state index in [-0.39, 0.29) is 5.39 Å². The van der Waals surface area contributed by atoms with E-state index in [0.29, 0.717) is 11.1 Å². The summed E-state index contributed by atoms with van der Waals surface area (Å²) in [6.45, 7) is 0. The largest absolute Gasteiger partial charge is 0.534 e. The van der Waals surface area contributed by atoms with Crippen molar-refractivity contribution in [3.05, 3.63) is 60.8 Å². The predicted octanol–water partition coefficient (Wildman–Crippen LogP) is 4.13. The molecule has 0 unspecified atom stereocenters. The highest BCUT2D eigenvalue weighted by molar-refractivity contribution is 7.88. The molecule has 0 fully saturated rings. The number of alkyl halides is 3. The van der Waals surface area contributed by atoms with Crippen molar-refractivity contribution in [3.8, 4) is 16.9 Å². The lowest BCUT2D eigenvalue weighted by Gasteiger charge is -2.12. The van der Waals surface area contributed by atoms with Crippen molar-refractivity contribution in [2.45, 2.75) is 5.51 Å². The van der Waals surface area contributed by atoms with Gasteiger partial charge in [-0.25, -0.2) is 0 Å². The SMILES string of the molecule is O=S(=O)(Oc1cccc2ncc(-c3ccccc3)cc12)C(F)(F)F. The Morgan fingerprint density at radius 3 is 2.29 bits per heavy atom. The third kappa shape index (κ3) is 3.05. The van der Waals surface area contributed by atoms with Gasteiger partial charge in [-0.2, -0.15) is 21.6 Å². The van der Waals surface area contributed by atoms with E-state index in [4.69, 9.17) is 0 Å². The summed E-state index contributed by atoms with van der Waals surface area (Å²) in [7, 11) is -5.75. The Balaban J connectivity index is 2.12. The summed E-state index contributed by atoms with van der Waals surface area (Å²) in [5, 5.41) is 0.173. The molecule has 0 saturated heterocycles. The summed E-state index contributed by atoms with van der Waals surface area (Å²) in [5.74, 6) is -0.421. The molecular weight excluding hydrogens is 343 g/mol. The number of benzene rings is 2. The molecule has 4 nitrogen and oxygen atoms in total. The molecule has 0 radical (unpaired) electrons. The van der Waals surface area contributed by atoms with Gasteiger partial charge in [0.25, 0.3) is 0 Å². The summed E-state index contributed by atoms with van der Waals surface area (Å²) in [6, 6.07) is 14.7. The summed E-state index contributed by atoms with van der Waals surface area (Å²) >= 11 is 0. The molecule has 1 aromatic heterocycles. The molecule has 2 aromatic carbocycles. The van der Waals surface area contributed by atoms with Crippen molar-refractivity contribution < 1.29 is 25.8 Å². The molecule has 8 heteroatoms. The van der Waals surface area contributed by atoms with Crippen LogP contribution in [0, 0.1) is 0 Å². The van der Waals surface area contributed by atoms with Crippen LogP contribution in [0.15, 0.2) is 60.8 Å². The van der Waals surface area contributed by atoms with E-state index in [1.807, 2.05) is 6.07 Å². The smallest absolute Gasteiger partial charge is 0.375 e. The fraction of sp³-hybridized carbons (Fsp3) is 0.0625. The number of aromatic nitrogens is 1. The number of halogens is 3. The maximum atomic E-state index is 12.5. The first-order chi connectivity index (χ1) is 11.3. The van der Waals surface area contributed by atoms with Gasteiger partial charge >= 0.3 is 15.6 Å². The van der Waals surface area contributed by atoms with Gasteiger partial charge in [0.15, 0.2) is 5.75 Å². The molecule has 1 heterocycles. The van der Waals surface area contributed by atoms with Gasteiger partial charge in [-0.05, 0) is 23.8 Å². The lowest BCUT2D eigenvalue weighted by Crippen LogP contribution is -2.28. The monoisotopic (exact) mass is 353 g/mol. The molecule has 0 aliphatic rings. The van der Waals surface area contributed by atoms with Crippen LogP contribution in [0.4, 0.5) is 13.2 Å². The van der Waals surface area contributed by atoms with E-state index in [1.54, 1.807) is 42.6 Å². The van der Waals surface area contributed by atoms with Crippen LogP contribution in [0.1, 0.15) is 0 Å². The summed E-state index contributed by atoms with van der Waals surface area (Å²) < 4.78 is 64.4. The van der Waals surface area contributed by atoms with Crippen LogP contribution in [0.5, 0.6) is 5.75 Å². The number of hydrogen-bond donors (Lipinski definition) is 0. The van der Waals surface area contributed by atoms with Crippen molar-refractivity contribution >= 4 is 21.0 Å². The zero-order valence-corrected chi connectivity index (χ0v) is 12.8.